The van der Waals surface area contributed by atoms with Crippen LogP contribution in [0.15, 0.2) is 182 Å². The van der Waals surface area contributed by atoms with Crippen LogP contribution >= 0.6 is 0 Å². The van der Waals surface area contributed by atoms with Gasteiger partial charge in [0.1, 0.15) is 0 Å². The molecule has 11 aromatic rings. The molecule has 3 heteroatoms. The Bertz CT molecular complexity index is 3440. The van der Waals surface area contributed by atoms with Crippen molar-refractivity contribution >= 4 is 76.9 Å². The molecule has 0 radical (unpaired) electrons. The molecule has 0 aliphatic heterocycles. The monoisotopic (exact) mass is 786 g/mol. The van der Waals surface area contributed by atoms with Gasteiger partial charge in [-0.05, 0) is 0 Å². The quantitative estimate of drug-likeness (QED) is 0.132. The van der Waals surface area contributed by atoms with Crippen LogP contribution < -0.4 is 0 Å². The topological polar surface area (TPSA) is 47.6 Å². The minimum absolute atomic E-state index is 0.144. The summed E-state index contributed by atoms with van der Waals surface area (Å²) in [6.07, 6.45) is 0. The van der Waals surface area contributed by atoms with E-state index in [2.05, 4.69) is 158 Å². The Morgan fingerprint density at radius 1 is 0.298 bits per heavy atom. The zero-order chi connectivity index (χ0) is 38.0. The Kier molecular flexibility index (Phi) is 7.67. The van der Waals surface area contributed by atoms with Crippen LogP contribution in [0.3, 0.4) is 0 Å². The second-order valence-electron chi connectivity index (χ2n) is 14.5. The van der Waals surface area contributed by atoms with Crippen molar-refractivity contribution in [3.8, 4) is 56.6 Å². The van der Waals surface area contributed by atoms with Crippen LogP contribution in [-0.4, -0.2) is 14.5 Å². The number of hydrogen-bond acceptors (Lipinski definition) is 2. The summed E-state index contributed by atoms with van der Waals surface area (Å²) in [5.41, 5.74) is 10.3. The third-order valence-corrected chi connectivity index (χ3v) is 13.9. The van der Waals surface area contributed by atoms with Crippen molar-refractivity contribution < 1.29 is 0 Å². The van der Waals surface area contributed by atoms with E-state index in [4.69, 9.17) is 0 Å². The van der Waals surface area contributed by atoms with Crippen LogP contribution in [-0.2, 0) is 0 Å². The summed E-state index contributed by atoms with van der Waals surface area (Å²) in [7, 11) is 0. The molecule has 0 aliphatic rings. The van der Waals surface area contributed by atoms with Gasteiger partial charge < -0.3 is 0 Å². The van der Waals surface area contributed by atoms with E-state index in [1.807, 2.05) is 36.4 Å². The van der Waals surface area contributed by atoms with Crippen molar-refractivity contribution in [3.05, 3.63) is 193 Å². The summed E-state index contributed by atoms with van der Waals surface area (Å²) in [5, 5.41) is 32.1. The fraction of sp³-hybridized carbons (Fsp3) is 0. The van der Waals surface area contributed by atoms with Gasteiger partial charge in [-0.25, -0.2) is 0 Å². The van der Waals surface area contributed by atoms with Gasteiger partial charge in [-0.1, -0.05) is 0 Å². The van der Waals surface area contributed by atoms with E-state index < -0.39 is 0 Å². The van der Waals surface area contributed by atoms with Crippen LogP contribution in [0, 0.1) is 22.7 Å². The number of nitriles is 2. The van der Waals surface area contributed by atoms with Crippen LogP contribution in [0.2, 0.25) is 0 Å². The van der Waals surface area contributed by atoms with E-state index in [0.29, 0.717) is 11.1 Å². The normalized spacial score (nSPS) is 11.5. The fourth-order valence-corrected chi connectivity index (χ4v) is 11.5. The Balaban J connectivity index is 1.12. The van der Waals surface area contributed by atoms with Crippen molar-refractivity contribution in [2.45, 2.75) is 0 Å². The van der Waals surface area contributed by atoms with Crippen molar-refractivity contribution in [2.75, 3.05) is 0 Å². The molecule has 0 N–H and O–H groups in total. The summed E-state index contributed by atoms with van der Waals surface area (Å²) in [5.74, 6) is 0. The average Bonchev–Trinajstić information content (AvgIpc) is 3.64. The van der Waals surface area contributed by atoms with Gasteiger partial charge in [0, 0.05) is 0 Å². The Morgan fingerprint density at radius 2 is 0.667 bits per heavy atom. The second kappa shape index (κ2) is 13.2. The Labute approximate surface area is 335 Å². The summed E-state index contributed by atoms with van der Waals surface area (Å²) in [6, 6.07) is 69.5. The second-order valence-corrected chi connectivity index (χ2v) is 16.8. The molecule has 0 bridgehead atoms. The molecule has 0 amide bonds. The standard InChI is InChI=1S/C54H30N2Se/c55-31-35-13-1-3-15-37(35)53-44-21-9-5-17-40(44)51(41-18-6-10-22-45(41)53)33-26-28-49-48(29-33)39-27-25-34(30-50(39)57-49)52-42-19-7-11-23-46(42)54(47-24-12-8-20-43(47)52)38-16-4-2-14-36(38)32-56/h1-30H. The van der Waals surface area contributed by atoms with Crippen LogP contribution in [0.4, 0.5) is 0 Å². The molecule has 1 aromatic heterocycles. The number of benzene rings is 10. The van der Waals surface area contributed by atoms with Gasteiger partial charge in [-0.2, -0.15) is 0 Å². The maximum absolute atomic E-state index is 10.1. The van der Waals surface area contributed by atoms with Gasteiger partial charge in [0.05, 0.1) is 0 Å². The van der Waals surface area contributed by atoms with Gasteiger partial charge in [0.25, 0.3) is 0 Å². The maximum atomic E-state index is 10.1. The van der Waals surface area contributed by atoms with Crippen molar-refractivity contribution in [3.63, 3.8) is 0 Å². The van der Waals surface area contributed by atoms with E-state index in [1.165, 1.54) is 63.1 Å². The molecule has 0 atom stereocenters. The van der Waals surface area contributed by atoms with E-state index in [9.17, 15) is 10.5 Å². The average molecular weight is 786 g/mol. The molecule has 2 nitrogen and oxygen atoms in total. The minimum atomic E-state index is 0.144. The van der Waals surface area contributed by atoms with Gasteiger partial charge in [0.2, 0.25) is 0 Å². The first kappa shape index (κ1) is 33.1. The predicted molar refractivity (Wildman–Crippen MR) is 240 cm³/mol. The number of hydrogen-bond donors (Lipinski definition) is 0. The van der Waals surface area contributed by atoms with E-state index >= 15 is 0 Å². The Morgan fingerprint density at radius 3 is 1.11 bits per heavy atom. The molecule has 57 heavy (non-hydrogen) atoms. The zero-order valence-electron chi connectivity index (χ0n) is 30.6. The fourth-order valence-electron chi connectivity index (χ4n) is 9.14. The molecule has 10 aromatic carbocycles. The zero-order valence-corrected chi connectivity index (χ0v) is 32.3. The molecule has 0 spiro atoms. The summed E-state index contributed by atoms with van der Waals surface area (Å²) >= 11 is 0.144. The van der Waals surface area contributed by atoms with Crippen LogP contribution in [0.1, 0.15) is 11.1 Å². The SMILES string of the molecule is N#Cc1ccccc1-c1c2ccccc2c(-c2ccc3c(c2)[se]c2ccc(-c4c5ccccc5c(-c5ccccc5C#N)c5ccccc45)cc23)c2ccccc12. The first-order valence-corrected chi connectivity index (χ1v) is 20.8. The van der Waals surface area contributed by atoms with Crippen LogP contribution in [0.5, 0.6) is 0 Å². The molecule has 0 fully saturated rings. The van der Waals surface area contributed by atoms with E-state index in [1.54, 1.807) is 0 Å². The van der Waals surface area contributed by atoms with Crippen LogP contribution in [0.25, 0.3) is 107 Å². The molecule has 1 heterocycles. The molecule has 0 aliphatic carbocycles. The number of rotatable bonds is 4. The Hall–Kier alpha value is -7.26. The molecule has 11 rings (SSSR count). The number of nitrogens with zero attached hydrogens (tertiary/aromatic N) is 2. The summed E-state index contributed by atoms with van der Waals surface area (Å²) < 4.78 is 2.78. The predicted octanol–water partition coefficient (Wildman–Crippen LogP) is 14.1. The van der Waals surface area contributed by atoms with Gasteiger partial charge >= 0.3 is 337 Å². The molecule has 0 saturated heterocycles. The summed E-state index contributed by atoms with van der Waals surface area (Å²) in [6.45, 7) is 0. The van der Waals surface area contributed by atoms with Gasteiger partial charge in [0.15, 0.2) is 0 Å². The van der Waals surface area contributed by atoms with E-state index in [0.717, 1.165) is 43.8 Å². The molecular formula is C54H30N2Se. The van der Waals surface area contributed by atoms with Gasteiger partial charge in [-0.15, -0.1) is 0 Å². The number of fused-ring (bicyclic) bond motifs is 7. The molecule has 262 valence electrons. The third kappa shape index (κ3) is 5.08. The van der Waals surface area contributed by atoms with Crippen molar-refractivity contribution in [2.24, 2.45) is 0 Å². The van der Waals surface area contributed by atoms with E-state index in [-0.39, 0.29) is 14.5 Å². The van der Waals surface area contributed by atoms with Crippen molar-refractivity contribution in [1.82, 2.24) is 0 Å². The third-order valence-electron chi connectivity index (χ3n) is 11.5. The first-order valence-electron chi connectivity index (χ1n) is 19.0. The first-order chi connectivity index (χ1) is 28.2. The molecular weight excluding hydrogens is 756 g/mol. The molecule has 0 unspecified atom stereocenters. The molecule has 0 saturated carbocycles. The summed E-state index contributed by atoms with van der Waals surface area (Å²) in [4.78, 5) is 0. The van der Waals surface area contributed by atoms with Crippen molar-refractivity contribution in [1.29, 1.82) is 10.5 Å². The van der Waals surface area contributed by atoms with Gasteiger partial charge in [-0.3, -0.25) is 0 Å².